The average molecular weight is 332 g/mol. The van der Waals surface area contributed by atoms with E-state index in [9.17, 15) is 8.78 Å². The third-order valence-corrected chi connectivity index (χ3v) is 3.48. The van der Waals surface area contributed by atoms with Crippen molar-refractivity contribution in [2.24, 2.45) is 0 Å². The van der Waals surface area contributed by atoms with Gasteiger partial charge in [-0.1, -0.05) is 0 Å². The molecule has 0 aliphatic heterocycles. The van der Waals surface area contributed by atoms with E-state index in [4.69, 9.17) is 4.74 Å². The summed E-state index contributed by atoms with van der Waals surface area (Å²) in [6, 6.07) is 2.07. The van der Waals surface area contributed by atoms with Gasteiger partial charge in [0.05, 0.1) is 17.3 Å². The van der Waals surface area contributed by atoms with E-state index < -0.39 is 11.6 Å². The van der Waals surface area contributed by atoms with Crippen LogP contribution >= 0.6 is 15.9 Å². The van der Waals surface area contributed by atoms with E-state index in [0.717, 1.165) is 17.8 Å². The molecule has 0 radical (unpaired) electrons. The second kappa shape index (κ2) is 5.66. The summed E-state index contributed by atoms with van der Waals surface area (Å²) in [6.07, 6.45) is 0. The normalized spacial score (nSPS) is 10.8. The van der Waals surface area contributed by atoms with E-state index in [-0.39, 0.29) is 11.3 Å². The maximum absolute atomic E-state index is 13.9. The smallest absolute Gasteiger partial charge is 0.165 e. The van der Waals surface area contributed by atoms with Crippen LogP contribution in [0.2, 0.25) is 0 Å². The lowest BCUT2D eigenvalue weighted by Gasteiger charge is -2.06. The Labute approximate surface area is 117 Å². The van der Waals surface area contributed by atoms with Gasteiger partial charge >= 0.3 is 0 Å². The number of rotatable bonds is 4. The fourth-order valence-electron chi connectivity index (χ4n) is 1.70. The molecule has 1 heterocycles. The highest BCUT2D eigenvalue weighted by atomic mass is 79.9. The van der Waals surface area contributed by atoms with Crippen LogP contribution in [-0.2, 0) is 6.54 Å². The summed E-state index contributed by atoms with van der Waals surface area (Å²) >= 11 is 3.33. The highest BCUT2D eigenvalue weighted by Crippen LogP contribution is 2.33. The molecule has 0 aliphatic rings. The van der Waals surface area contributed by atoms with Gasteiger partial charge in [0, 0.05) is 18.2 Å². The summed E-state index contributed by atoms with van der Waals surface area (Å²) in [6.45, 7) is 0.536. The first-order valence-electron chi connectivity index (χ1n) is 5.49. The molecule has 0 saturated carbocycles. The number of hydrogen-bond acceptors (Lipinski definition) is 3. The Balaban J connectivity index is 2.50. The summed E-state index contributed by atoms with van der Waals surface area (Å²) in [4.78, 5) is 0. The Morgan fingerprint density at radius 2 is 2.11 bits per heavy atom. The van der Waals surface area contributed by atoms with Crippen molar-refractivity contribution in [3.8, 4) is 17.0 Å². The molecular formula is C12H12BrF2N3O. The molecule has 2 aromatic rings. The minimum atomic E-state index is -0.635. The number of hydrogen-bond donors (Lipinski definition) is 2. The van der Waals surface area contributed by atoms with E-state index in [2.05, 4.69) is 31.4 Å². The van der Waals surface area contributed by atoms with Crippen molar-refractivity contribution in [1.29, 1.82) is 0 Å². The number of halogens is 3. The van der Waals surface area contributed by atoms with Gasteiger partial charge < -0.3 is 10.1 Å². The zero-order chi connectivity index (χ0) is 14.0. The molecule has 0 unspecified atom stereocenters. The Morgan fingerprint density at radius 3 is 2.74 bits per heavy atom. The SMILES string of the molecule is CNCc1[nH]nc(-c2cc(F)c(OC)cc2F)c1Br. The highest BCUT2D eigenvalue weighted by molar-refractivity contribution is 9.10. The maximum Gasteiger partial charge on any atom is 0.165 e. The molecule has 0 saturated heterocycles. The average Bonchev–Trinajstić information content (AvgIpc) is 2.74. The number of nitrogens with one attached hydrogen (secondary N) is 2. The largest absolute Gasteiger partial charge is 0.494 e. The van der Waals surface area contributed by atoms with Crippen LogP contribution in [0.1, 0.15) is 5.69 Å². The third kappa shape index (κ3) is 2.62. The van der Waals surface area contributed by atoms with Crippen LogP contribution in [0, 0.1) is 11.6 Å². The topological polar surface area (TPSA) is 49.9 Å². The molecule has 0 amide bonds. The molecule has 1 aromatic carbocycles. The summed E-state index contributed by atoms with van der Waals surface area (Å²) in [5.41, 5.74) is 1.15. The van der Waals surface area contributed by atoms with Gasteiger partial charge in [-0.05, 0) is 29.0 Å². The lowest BCUT2D eigenvalue weighted by atomic mass is 10.1. The van der Waals surface area contributed by atoms with Crippen molar-refractivity contribution in [3.05, 3.63) is 33.9 Å². The fraction of sp³-hybridized carbons (Fsp3) is 0.250. The first-order chi connectivity index (χ1) is 9.08. The van der Waals surface area contributed by atoms with Gasteiger partial charge in [0.15, 0.2) is 11.6 Å². The molecular weight excluding hydrogens is 320 g/mol. The Bertz CT molecular complexity index is 601. The maximum atomic E-state index is 13.9. The predicted molar refractivity (Wildman–Crippen MR) is 71.0 cm³/mol. The van der Waals surface area contributed by atoms with Gasteiger partial charge in [-0.3, -0.25) is 5.10 Å². The third-order valence-electron chi connectivity index (χ3n) is 2.63. The quantitative estimate of drug-likeness (QED) is 0.905. The lowest BCUT2D eigenvalue weighted by Crippen LogP contribution is -2.05. The van der Waals surface area contributed by atoms with Crippen molar-refractivity contribution in [1.82, 2.24) is 15.5 Å². The Kier molecular flexibility index (Phi) is 4.16. The molecule has 2 N–H and O–H groups in total. The number of ether oxygens (including phenoxy) is 1. The second-order valence-electron chi connectivity index (χ2n) is 3.86. The monoisotopic (exact) mass is 331 g/mol. The van der Waals surface area contributed by atoms with E-state index in [1.165, 1.54) is 7.11 Å². The Hall–Kier alpha value is -1.47. The number of nitrogens with zero attached hydrogens (tertiary/aromatic N) is 1. The molecule has 0 bridgehead atoms. The zero-order valence-electron chi connectivity index (χ0n) is 10.4. The van der Waals surface area contributed by atoms with Crippen LogP contribution in [-0.4, -0.2) is 24.4 Å². The van der Waals surface area contributed by atoms with Gasteiger partial charge in [-0.25, -0.2) is 8.78 Å². The fourth-order valence-corrected chi connectivity index (χ4v) is 2.23. The molecule has 7 heteroatoms. The van der Waals surface area contributed by atoms with Crippen molar-refractivity contribution < 1.29 is 13.5 Å². The van der Waals surface area contributed by atoms with E-state index >= 15 is 0 Å². The molecule has 0 atom stereocenters. The second-order valence-corrected chi connectivity index (χ2v) is 4.65. The molecule has 1 aromatic heterocycles. The number of H-pyrrole nitrogens is 1. The van der Waals surface area contributed by atoms with Crippen LogP contribution in [0.5, 0.6) is 5.75 Å². The predicted octanol–water partition coefficient (Wildman–Crippen LogP) is 2.85. The summed E-state index contributed by atoms with van der Waals surface area (Å²) < 4.78 is 32.9. The van der Waals surface area contributed by atoms with Crippen LogP contribution in [0.15, 0.2) is 16.6 Å². The number of methoxy groups -OCH3 is 1. The highest BCUT2D eigenvalue weighted by Gasteiger charge is 2.18. The van der Waals surface area contributed by atoms with Gasteiger partial charge in [-0.15, -0.1) is 0 Å². The summed E-state index contributed by atoms with van der Waals surface area (Å²) in [7, 11) is 3.06. The molecule has 19 heavy (non-hydrogen) atoms. The van der Waals surface area contributed by atoms with Gasteiger partial charge in [-0.2, -0.15) is 5.10 Å². The van der Waals surface area contributed by atoms with Crippen molar-refractivity contribution in [2.45, 2.75) is 6.54 Å². The molecule has 4 nitrogen and oxygen atoms in total. The minimum absolute atomic E-state index is 0.0729. The molecule has 0 fully saturated rings. The van der Waals surface area contributed by atoms with Crippen molar-refractivity contribution in [3.63, 3.8) is 0 Å². The number of benzene rings is 1. The summed E-state index contributed by atoms with van der Waals surface area (Å²) in [5, 5.41) is 9.72. The van der Waals surface area contributed by atoms with Crippen molar-refractivity contribution >= 4 is 15.9 Å². The van der Waals surface area contributed by atoms with Crippen LogP contribution < -0.4 is 10.1 Å². The standard InChI is InChI=1S/C12H12BrF2N3O/c1-16-5-9-11(13)12(18-17-9)6-3-8(15)10(19-2)4-7(6)14/h3-4,16H,5H2,1-2H3,(H,17,18). The first-order valence-corrected chi connectivity index (χ1v) is 6.28. The molecule has 0 spiro atoms. The minimum Gasteiger partial charge on any atom is -0.494 e. The van der Waals surface area contributed by atoms with Gasteiger partial charge in [0.25, 0.3) is 0 Å². The van der Waals surface area contributed by atoms with Crippen molar-refractivity contribution in [2.75, 3.05) is 14.2 Å². The number of aromatic nitrogens is 2. The zero-order valence-corrected chi connectivity index (χ0v) is 11.9. The molecule has 102 valence electrons. The Morgan fingerprint density at radius 1 is 1.37 bits per heavy atom. The summed E-state index contributed by atoms with van der Waals surface area (Å²) in [5.74, 6) is -1.37. The first kappa shape index (κ1) is 14.0. The van der Waals surface area contributed by atoms with Crippen LogP contribution in [0.3, 0.4) is 0 Å². The van der Waals surface area contributed by atoms with E-state index in [1.54, 1.807) is 7.05 Å². The molecule has 0 aliphatic carbocycles. The lowest BCUT2D eigenvalue weighted by molar-refractivity contribution is 0.383. The van der Waals surface area contributed by atoms with E-state index in [1.807, 2.05) is 0 Å². The van der Waals surface area contributed by atoms with Crippen LogP contribution in [0.4, 0.5) is 8.78 Å². The molecule has 2 rings (SSSR count). The van der Waals surface area contributed by atoms with Crippen LogP contribution in [0.25, 0.3) is 11.3 Å². The number of aromatic amines is 1. The van der Waals surface area contributed by atoms with Gasteiger partial charge in [0.2, 0.25) is 0 Å². The van der Waals surface area contributed by atoms with Gasteiger partial charge in [0.1, 0.15) is 11.5 Å². The van der Waals surface area contributed by atoms with E-state index in [0.29, 0.717) is 16.7 Å².